The highest BCUT2D eigenvalue weighted by atomic mass is 79.9. The lowest BCUT2D eigenvalue weighted by Crippen LogP contribution is -2.40. The number of hydrogen-bond acceptors (Lipinski definition) is 2. The highest BCUT2D eigenvalue weighted by molar-refractivity contribution is 9.10. The van der Waals surface area contributed by atoms with Gasteiger partial charge in [-0.15, -0.1) is 0 Å². The number of hydrogen-bond donors (Lipinski definition) is 0. The van der Waals surface area contributed by atoms with Gasteiger partial charge in [0, 0.05) is 31.9 Å². The summed E-state index contributed by atoms with van der Waals surface area (Å²) in [5, 5.41) is 0.245. The summed E-state index contributed by atoms with van der Waals surface area (Å²) < 4.78 is 112. The highest BCUT2D eigenvalue weighted by Gasteiger charge is 2.58. The summed E-state index contributed by atoms with van der Waals surface area (Å²) >= 11 is 2.97. The Kier molecular flexibility index (Phi) is 5.41. The Bertz CT molecular complexity index is 739. The summed E-state index contributed by atoms with van der Waals surface area (Å²) in [5.74, 6) is -1.42. The summed E-state index contributed by atoms with van der Waals surface area (Å²) in [6, 6.07) is 5.90. The molecule has 26 heavy (non-hydrogen) atoms. The molecule has 0 aliphatic rings. The Morgan fingerprint density at radius 2 is 0.923 bits per heavy atom. The van der Waals surface area contributed by atoms with Crippen LogP contribution in [0.2, 0.25) is 0 Å². The second kappa shape index (κ2) is 6.70. The van der Waals surface area contributed by atoms with Crippen molar-refractivity contribution in [2.75, 3.05) is 0 Å². The Morgan fingerprint density at radius 3 is 1.23 bits per heavy atom. The van der Waals surface area contributed by atoms with Crippen molar-refractivity contribution < 1.29 is 44.6 Å². The van der Waals surface area contributed by atoms with Crippen LogP contribution in [-0.4, -0.2) is 21.9 Å². The van der Waals surface area contributed by atoms with Crippen molar-refractivity contribution in [3.8, 4) is 11.5 Å². The topological polar surface area (TPSA) is 18.5 Å². The van der Waals surface area contributed by atoms with Gasteiger partial charge in [-0.1, -0.05) is 12.1 Å². The first-order valence-electron chi connectivity index (χ1n) is 6.43. The molecule has 2 aromatic rings. The minimum Gasteiger partial charge on any atom is -0.427 e. The van der Waals surface area contributed by atoms with Gasteiger partial charge in [0.15, 0.2) is 0 Å². The number of ether oxygens (including phenoxy) is 2. The standard InChI is InChI=1S/C14H6Br2F8O2/c15-11(17,18)13(21,22)25-9-3-1-7-2-4-10(6-8(7)5-9)26-14(23,24)12(16,19)20/h1-6H. The molecule has 0 heterocycles. The zero-order chi connectivity index (χ0) is 20.0. The Morgan fingerprint density at radius 1 is 0.577 bits per heavy atom. The van der Waals surface area contributed by atoms with Crippen LogP contribution in [0.25, 0.3) is 10.8 Å². The highest BCUT2D eigenvalue weighted by Crippen LogP contribution is 2.43. The van der Waals surface area contributed by atoms with Crippen molar-refractivity contribution in [3.63, 3.8) is 0 Å². The minimum absolute atomic E-state index is 0.0534. The smallest absolute Gasteiger partial charge is 0.427 e. The van der Waals surface area contributed by atoms with E-state index in [0.717, 1.165) is 24.3 Å². The normalized spacial score (nSPS) is 13.8. The van der Waals surface area contributed by atoms with E-state index in [-0.39, 0.29) is 5.39 Å². The fraction of sp³-hybridized carbons (Fsp3) is 0.286. The van der Waals surface area contributed by atoms with Crippen LogP contribution < -0.4 is 9.47 Å². The Labute approximate surface area is 157 Å². The van der Waals surface area contributed by atoms with Gasteiger partial charge in [-0.05, 0) is 35.0 Å². The maximum Gasteiger partial charge on any atom is 0.475 e. The average Bonchev–Trinajstić information content (AvgIpc) is 2.43. The quantitative estimate of drug-likeness (QED) is 0.311. The molecule has 2 nitrogen and oxygen atoms in total. The van der Waals surface area contributed by atoms with Crippen molar-refractivity contribution in [2.45, 2.75) is 21.9 Å². The molecule has 0 unspecified atom stereocenters. The fourth-order valence-corrected chi connectivity index (χ4v) is 1.90. The minimum atomic E-state index is -4.90. The van der Waals surface area contributed by atoms with E-state index in [9.17, 15) is 35.1 Å². The van der Waals surface area contributed by atoms with E-state index in [1.165, 1.54) is 44.0 Å². The van der Waals surface area contributed by atoms with Gasteiger partial charge in [-0.25, -0.2) is 0 Å². The maximum atomic E-state index is 13.2. The molecule has 0 aliphatic carbocycles. The number of rotatable bonds is 6. The summed E-state index contributed by atoms with van der Waals surface area (Å²) in [4.78, 5) is -9.33. The van der Waals surface area contributed by atoms with Crippen molar-refractivity contribution in [1.29, 1.82) is 0 Å². The van der Waals surface area contributed by atoms with Crippen molar-refractivity contribution in [1.82, 2.24) is 0 Å². The SMILES string of the molecule is FC(F)(Br)C(F)(F)Oc1ccc2ccc(OC(F)(F)C(F)(F)Br)cc2c1. The summed E-state index contributed by atoms with van der Waals surface area (Å²) in [5.41, 5.74) is 0. The van der Waals surface area contributed by atoms with Gasteiger partial charge in [-0.2, -0.15) is 35.1 Å². The van der Waals surface area contributed by atoms with Gasteiger partial charge in [-0.3, -0.25) is 0 Å². The number of fused-ring (bicyclic) bond motifs is 1. The van der Waals surface area contributed by atoms with E-state index >= 15 is 0 Å². The first-order chi connectivity index (χ1) is 11.6. The van der Waals surface area contributed by atoms with Gasteiger partial charge in [0.25, 0.3) is 0 Å². The molecule has 2 aromatic carbocycles. The molecule has 0 amide bonds. The predicted molar refractivity (Wildman–Crippen MR) is 82.8 cm³/mol. The third kappa shape index (κ3) is 4.51. The lowest BCUT2D eigenvalue weighted by Gasteiger charge is -2.23. The third-order valence-electron chi connectivity index (χ3n) is 2.94. The van der Waals surface area contributed by atoms with Gasteiger partial charge in [0.1, 0.15) is 11.5 Å². The summed E-state index contributed by atoms with van der Waals surface area (Å²) in [6.45, 7) is 0. The number of alkyl halides is 10. The van der Waals surface area contributed by atoms with Gasteiger partial charge in [0.05, 0.1) is 0 Å². The number of halogens is 10. The summed E-state index contributed by atoms with van der Waals surface area (Å²) in [7, 11) is 0. The van der Waals surface area contributed by atoms with Crippen LogP contribution in [0, 0.1) is 0 Å². The van der Waals surface area contributed by atoms with E-state index in [1.54, 1.807) is 0 Å². The average molecular weight is 518 g/mol. The van der Waals surface area contributed by atoms with Crippen LogP contribution in [0.5, 0.6) is 11.5 Å². The zero-order valence-electron chi connectivity index (χ0n) is 12.1. The maximum absolute atomic E-state index is 13.2. The van der Waals surface area contributed by atoms with Crippen molar-refractivity contribution in [3.05, 3.63) is 36.4 Å². The van der Waals surface area contributed by atoms with Crippen LogP contribution in [0.15, 0.2) is 36.4 Å². The molecule has 0 radical (unpaired) electrons. The van der Waals surface area contributed by atoms with E-state index in [2.05, 4.69) is 9.47 Å². The van der Waals surface area contributed by atoms with Crippen LogP contribution in [0.3, 0.4) is 0 Å². The van der Waals surface area contributed by atoms with Crippen molar-refractivity contribution >= 4 is 42.6 Å². The third-order valence-corrected chi connectivity index (χ3v) is 3.86. The zero-order valence-corrected chi connectivity index (χ0v) is 15.2. The van der Waals surface area contributed by atoms with Gasteiger partial charge in [0.2, 0.25) is 0 Å². The summed E-state index contributed by atoms with van der Waals surface area (Å²) in [6.07, 6.45) is -9.81. The van der Waals surface area contributed by atoms with E-state index in [1.807, 2.05) is 0 Å². The first kappa shape index (κ1) is 21.0. The van der Waals surface area contributed by atoms with Crippen LogP contribution in [-0.2, 0) is 0 Å². The monoisotopic (exact) mass is 516 g/mol. The molecule has 144 valence electrons. The molecule has 0 N–H and O–H groups in total. The lowest BCUT2D eigenvalue weighted by atomic mass is 10.1. The number of benzene rings is 2. The van der Waals surface area contributed by atoms with E-state index < -0.39 is 33.4 Å². The second-order valence-electron chi connectivity index (χ2n) is 4.90. The molecule has 0 spiro atoms. The largest absolute Gasteiger partial charge is 0.475 e. The molecule has 0 bridgehead atoms. The van der Waals surface area contributed by atoms with E-state index in [0.29, 0.717) is 5.39 Å². The molecular weight excluding hydrogens is 512 g/mol. The Hall–Kier alpha value is -1.30. The molecule has 2 rings (SSSR count). The molecule has 0 aliphatic heterocycles. The van der Waals surface area contributed by atoms with Crippen molar-refractivity contribution in [2.24, 2.45) is 0 Å². The fourth-order valence-electron chi connectivity index (χ4n) is 1.74. The Balaban J connectivity index is 2.34. The predicted octanol–water partition coefficient (Wildman–Crippen LogP) is 6.76. The first-order valence-corrected chi connectivity index (χ1v) is 8.02. The van der Waals surface area contributed by atoms with Crippen LogP contribution >= 0.6 is 31.9 Å². The molecule has 12 heteroatoms. The second-order valence-corrected chi connectivity index (χ2v) is 6.90. The lowest BCUT2D eigenvalue weighted by molar-refractivity contribution is -0.266. The van der Waals surface area contributed by atoms with Gasteiger partial charge < -0.3 is 9.47 Å². The van der Waals surface area contributed by atoms with Crippen LogP contribution in [0.4, 0.5) is 35.1 Å². The van der Waals surface area contributed by atoms with Gasteiger partial charge >= 0.3 is 21.9 Å². The molecule has 0 aromatic heterocycles. The van der Waals surface area contributed by atoms with Crippen LogP contribution in [0.1, 0.15) is 0 Å². The van der Waals surface area contributed by atoms with E-state index in [4.69, 9.17) is 0 Å². The molecule has 0 saturated carbocycles. The molecule has 0 atom stereocenters. The molecular formula is C14H6Br2F8O2. The molecule has 0 fully saturated rings. The molecule has 0 saturated heterocycles.